The van der Waals surface area contributed by atoms with Crippen LogP contribution >= 0.6 is 15.9 Å². The first-order valence-electron chi connectivity index (χ1n) is 11.8. The zero-order valence-electron chi connectivity index (χ0n) is 20.3. The Hall–Kier alpha value is -2.52. The van der Waals surface area contributed by atoms with Crippen molar-refractivity contribution in [1.82, 2.24) is 24.7 Å². The quantitative estimate of drug-likeness (QED) is 0.283. The lowest BCUT2D eigenvalue weighted by atomic mass is 9.86. The van der Waals surface area contributed by atoms with E-state index < -0.39 is 0 Å². The number of hydrogen-bond acceptors (Lipinski definition) is 6. The van der Waals surface area contributed by atoms with Gasteiger partial charge in [0.25, 0.3) is 5.91 Å². The number of carbonyl (C=O) groups excluding carboxylic acids is 1. The molecule has 2 aromatic rings. The molecular weight excluding hydrogens is 496 g/mol. The van der Waals surface area contributed by atoms with Crippen molar-refractivity contribution in [2.75, 3.05) is 32.7 Å². The predicted octanol–water partition coefficient (Wildman–Crippen LogP) is 3.69. The number of piperazine rings is 1. The van der Waals surface area contributed by atoms with E-state index >= 15 is 0 Å². The molecule has 1 N–H and O–H groups in total. The Kier molecular flexibility index (Phi) is 7.23. The molecule has 4 rings (SSSR count). The van der Waals surface area contributed by atoms with Crippen molar-refractivity contribution in [3.8, 4) is 0 Å². The minimum absolute atomic E-state index is 0.0303. The Labute approximate surface area is 209 Å². The number of aromatic nitrogens is 2. The number of benzene rings is 1. The summed E-state index contributed by atoms with van der Waals surface area (Å²) in [6.45, 7) is 12.2. The topological polar surface area (TPSA) is 85.2 Å². The zero-order valence-corrected chi connectivity index (χ0v) is 21.9. The maximum absolute atomic E-state index is 13.2. The highest BCUT2D eigenvalue weighted by atomic mass is 79.9. The molecule has 0 unspecified atom stereocenters. The number of aryl methyl sites for hydroxylation is 2. The van der Waals surface area contributed by atoms with Crippen molar-refractivity contribution in [1.29, 1.82) is 0 Å². The molecular formula is C25H33BrN6O2. The summed E-state index contributed by atoms with van der Waals surface area (Å²) in [4.78, 5) is 28.3. The standard InChI is InChI=1S/C25H33BrN6O2/c1-17-15-31(13-14-32(17)23(29-34)20-5-7-21(26)8-6-20)25(4)9-11-30(12-10-25)24(33)22-18(2)27-16-28-19(22)3/h5-8,16-17,34H,9-15H2,1-4H3/b29-23+/t17-/m0/s1. The van der Waals surface area contributed by atoms with Gasteiger partial charge in [-0.15, -0.1) is 0 Å². The van der Waals surface area contributed by atoms with Crippen LogP contribution in [0.15, 0.2) is 40.2 Å². The number of hydrogen-bond donors (Lipinski definition) is 1. The van der Waals surface area contributed by atoms with Gasteiger partial charge in [-0.3, -0.25) is 9.69 Å². The lowest BCUT2D eigenvalue weighted by molar-refractivity contribution is -0.00147. The van der Waals surface area contributed by atoms with Gasteiger partial charge in [-0.05, 0) is 52.7 Å². The maximum atomic E-state index is 13.2. The zero-order chi connectivity index (χ0) is 24.5. The van der Waals surface area contributed by atoms with Crippen LogP contribution in [0.5, 0.6) is 0 Å². The van der Waals surface area contributed by atoms with Gasteiger partial charge in [0.05, 0.1) is 17.0 Å². The highest BCUT2D eigenvalue weighted by molar-refractivity contribution is 9.10. The Morgan fingerprint density at radius 3 is 2.26 bits per heavy atom. The SMILES string of the molecule is Cc1ncnc(C)c1C(=O)N1CCC(C)(N2CCN(/C(=N/O)c3ccc(Br)cc3)[C@@H](C)C2)CC1. The molecule has 1 aromatic carbocycles. The fraction of sp³-hybridized carbons (Fsp3) is 0.520. The molecule has 34 heavy (non-hydrogen) atoms. The van der Waals surface area contributed by atoms with E-state index in [1.165, 1.54) is 6.33 Å². The average molecular weight is 529 g/mol. The number of likely N-dealkylation sites (tertiary alicyclic amines) is 1. The molecule has 0 bridgehead atoms. The first-order chi connectivity index (χ1) is 16.2. The number of carbonyl (C=O) groups is 1. The summed E-state index contributed by atoms with van der Waals surface area (Å²) in [7, 11) is 0. The summed E-state index contributed by atoms with van der Waals surface area (Å²) in [5.41, 5.74) is 3.05. The molecule has 3 heterocycles. The van der Waals surface area contributed by atoms with Crippen LogP contribution in [0, 0.1) is 13.8 Å². The normalized spacial score (nSPS) is 21.6. The summed E-state index contributed by atoms with van der Waals surface area (Å²) in [6.07, 6.45) is 3.36. The highest BCUT2D eigenvalue weighted by Gasteiger charge is 2.40. The van der Waals surface area contributed by atoms with E-state index in [0.29, 0.717) is 11.4 Å². The van der Waals surface area contributed by atoms with E-state index in [9.17, 15) is 10.0 Å². The first-order valence-corrected chi connectivity index (χ1v) is 12.6. The number of oxime groups is 1. The van der Waals surface area contributed by atoms with Crippen molar-refractivity contribution in [3.05, 3.63) is 57.6 Å². The van der Waals surface area contributed by atoms with Gasteiger partial charge in [0.1, 0.15) is 6.33 Å². The number of nitrogens with zero attached hydrogens (tertiary/aromatic N) is 6. The number of rotatable bonds is 3. The second-order valence-corrected chi connectivity index (χ2v) is 10.5. The second kappa shape index (κ2) is 10.00. The molecule has 9 heteroatoms. The molecule has 8 nitrogen and oxygen atoms in total. The molecule has 1 amide bonds. The van der Waals surface area contributed by atoms with Crippen LogP contribution in [0.3, 0.4) is 0 Å². The number of amides is 1. The first kappa shape index (κ1) is 24.6. The minimum Gasteiger partial charge on any atom is -0.409 e. The van der Waals surface area contributed by atoms with Crippen LogP contribution in [0.2, 0.25) is 0 Å². The Morgan fingerprint density at radius 1 is 1.09 bits per heavy atom. The third-order valence-corrected chi connectivity index (χ3v) is 7.96. The van der Waals surface area contributed by atoms with Crippen LogP contribution < -0.4 is 0 Å². The third-order valence-electron chi connectivity index (χ3n) is 7.43. The lowest BCUT2D eigenvalue weighted by Crippen LogP contribution is -2.62. The van der Waals surface area contributed by atoms with Crippen molar-refractivity contribution >= 4 is 27.7 Å². The highest BCUT2D eigenvalue weighted by Crippen LogP contribution is 2.32. The van der Waals surface area contributed by atoms with Crippen molar-refractivity contribution in [2.24, 2.45) is 5.16 Å². The molecule has 2 saturated heterocycles. The van der Waals surface area contributed by atoms with E-state index in [0.717, 1.165) is 67.0 Å². The van der Waals surface area contributed by atoms with Crippen LogP contribution in [-0.4, -0.2) is 85.9 Å². The van der Waals surface area contributed by atoms with Gasteiger partial charge in [0.2, 0.25) is 0 Å². The molecule has 0 spiro atoms. The summed E-state index contributed by atoms with van der Waals surface area (Å²) >= 11 is 3.46. The lowest BCUT2D eigenvalue weighted by Gasteiger charge is -2.52. The van der Waals surface area contributed by atoms with Gasteiger partial charge < -0.3 is 15.0 Å². The summed E-state index contributed by atoms with van der Waals surface area (Å²) in [5, 5.41) is 13.4. The van der Waals surface area contributed by atoms with Crippen LogP contribution in [0.1, 0.15) is 54.0 Å². The molecule has 2 fully saturated rings. The Morgan fingerprint density at radius 2 is 1.71 bits per heavy atom. The van der Waals surface area contributed by atoms with Gasteiger partial charge >= 0.3 is 0 Å². The van der Waals surface area contributed by atoms with Crippen LogP contribution in [-0.2, 0) is 0 Å². The Bertz CT molecular complexity index is 1050. The number of amidine groups is 1. The monoisotopic (exact) mass is 528 g/mol. The van der Waals surface area contributed by atoms with Gasteiger partial charge in [0, 0.05) is 54.3 Å². The molecule has 182 valence electrons. The predicted molar refractivity (Wildman–Crippen MR) is 135 cm³/mol. The van der Waals surface area contributed by atoms with Gasteiger partial charge in [-0.25, -0.2) is 9.97 Å². The molecule has 0 saturated carbocycles. The number of halogens is 1. The fourth-order valence-corrected chi connectivity index (χ4v) is 5.48. The van der Waals surface area contributed by atoms with E-state index in [1.807, 2.05) is 43.0 Å². The van der Waals surface area contributed by atoms with Crippen molar-refractivity contribution < 1.29 is 10.0 Å². The van der Waals surface area contributed by atoms with Crippen molar-refractivity contribution in [2.45, 2.75) is 52.1 Å². The molecule has 0 radical (unpaired) electrons. The van der Waals surface area contributed by atoms with E-state index in [1.54, 1.807) is 0 Å². The van der Waals surface area contributed by atoms with E-state index in [2.05, 4.69) is 54.7 Å². The van der Waals surface area contributed by atoms with E-state index in [4.69, 9.17) is 0 Å². The minimum atomic E-state index is 0.0303. The largest absolute Gasteiger partial charge is 0.409 e. The van der Waals surface area contributed by atoms with Gasteiger partial charge in [-0.2, -0.15) is 0 Å². The van der Waals surface area contributed by atoms with Gasteiger partial charge in [0.15, 0.2) is 5.84 Å². The van der Waals surface area contributed by atoms with Crippen LogP contribution in [0.4, 0.5) is 0 Å². The van der Waals surface area contributed by atoms with Crippen LogP contribution in [0.25, 0.3) is 0 Å². The van der Waals surface area contributed by atoms with Crippen molar-refractivity contribution in [3.63, 3.8) is 0 Å². The summed E-state index contributed by atoms with van der Waals surface area (Å²) in [6, 6.07) is 8.05. The average Bonchev–Trinajstić information content (AvgIpc) is 2.82. The molecule has 2 aliphatic heterocycles. The van der Waals surface area contributed by atoms with Gasteiger partial charge in [-0.1, -0.05) is 33.2 Å². The molecule has 2 aliphatic rings. The number of piperidine rings is 1. The fourth-order valence-electron chi connectivity index (χ4n) is 5.21. The molecule has 0 aliphatic carbocycles. The third kappa shape index (κ3) is 4.81. The Balaban J connectivity index is 1.40. The maximum Gasteiger partial charge on any atom is 0.257 e. The summed E-state index contributed by atoms with van der Waals surface area (Å²) in [5.74, 6) is 0.648. The molecule has 1 aromatic heterocycles. The van der Waals surface area contributed by atoms with E-state index in [-0.39, 0.29) is 17.5 Å². The smallest absolute Gasteiger partial charge is 0.257 e. The molecule has 1 atom stereocenters. The summed E-state index contributed by atoms with van der Waals surface area (Å²) < 4.78 is 0.995. The second-order valence-electron chi connectivity index (χ2n) is 9.63.